The Kier molecular flexibility index (Phi) is 5.24. The lowest BCUT2D eigenvalue weighted by atomic mass is 10.2. The molecule has 2 aromatic carbocycles. The van der Waals surface area contributed by atoms with Gasteiger partial charge in [-0.15, -0.1) is 11.8 Å². The van der Waals surface area contributed by atoms with Gasteiger partial charge < -0.3 is 19.3 Å². The number of ether oxygens (including phenoxy) is 2. The highest BCUT2D eigenvalue weighted by Crippen LogP contribution is 2.32. The normalized spacial score (nSPS) is 12.1. The molecule has 0 atom stereocenters. The van der Waals surface area contributed by atoms with Gasteiger partial charge in [0, 0.05) is 12.1 Å². The van der Waals surface area contributed by atoms with Crippen LogP contribution in [0.25, 0.3) is 11.4 Å². The molecule has 4 rings (SSSR count). The number of hydrogen-bond donors (Lipinski definition) is 1. The summed E-state index contributed by atoms with van der Waals surface area (Å²) in [5.74, 6) is 3.24. The van der Waals surface area contributed by atoms with Crippen LogP contribution in [0.5, 0.6) is 11.5 Å². The van der Waals surface area contributed by atoms with Crippen molar-refractivity contribution in [3.8, 4) is 22.9 Å². The monoisotopic (exact) mass is 383 g/mol. The van der Waals surface area contributed by atoms with Crippen LogP contribution in [0.1, 0.15) is 11.5 Å². The van der Waals surface area contributed by atoms with Crippen LogP contribution in [0, 0.1) is 0 Å². The number of aromatic nitrogens is 2. The highest BCUT2D eigenvalue weighted by molar-refractivity contribution is 7.99. The minimum atomic E-state index is -0.0551. The third-order valence-corrected chi connectivity index (χ3v) is 4.80. The molecule has 0 spiro atoms. The highest BCUT2D eigenvalue weighted by atomic mass is 32.2. The lowest BCUT2D eigenvalue weighted by Crippen LogP contribution is -2.24. The fraction of sp³-hybridized carbons (Fsp3) is 0.211. The molecule has 1 aromatic heterocycles. The maximum atomic E-state index is 12.0. The van der Waals surface area contributed by atoms with E-state index in [1.807, 2.05) is 48.5 Å². The summed E-state index contributed by atoms with van der Waals surface area (Å²) in [7, 11) is 0. The van der Waals surface area contributed by atoms with Gasteiger partial charge in [-0.05, 0) is 17.7 Å². The average Bonchev–Trinajstić information content (AvgIpc) is 3.36. The molecule has 0 aliphatic carbocycles. The maximum Gasteiger partial charge on any atom is 0.236 e. The second-order valence-corrected chi connectivity index (χ2v) is 6.82. The van der Waals surface area contributed by atoms with E-state index in [4.69, 9.17) is 14.0 Å². The molecule has 1 amide bonds. The number of hydrogen-bond acceptors (Lipinski definition) is 7. The Balaban J connectivity index is 1.21. The first kappa shape index (κ1) is 17.4. The molecule has 3 aromatic rings. The third-order valence-electron chi connectivity index (χ3n) is 3.89. The van der Waals surface area contributed by atoms with Crippen molar-refractivity contribution in [2.24, 2.45) is 0 Å². The number of fused-ring (bicyclic) bond motifs is 1. The Hall–Kier alpha value is -3.00. The zero-order valence-electron chi connectivity index (χ0n) is 14.4. The second kappa shape index (κ2) is 8.13. The van der Waals surface area contributed by atoms with Crippen LogP contribution in [0.2, 0.25) is 0 Å². The van der Waals surface area contributed by atoms with E-state index in [9.17, 15) is 4.79 Å². The smallest absolute Gasteiger partial charge is 0.236 e. The molecule has 1 aliphatic rings. The van der Waals surface area contributed by atoms with Crippen molar-refractivity contribution >= 4 is 17.7 Å². The van der Waals surface area contributed by atoms with Crippen LogP contribution in [-0.4, -0.2) is 28.6 Å². The van der Waals surface area contributed by atoms with E-state index >= 15 is 0 Å². The summed E-state index contributed by atoms with van der Waals surface area (Å²) < 4.78 is 15.8. The molecule has 1 aliphatic heterocycles. The first-order chi connectivity index (χ1) is 13.3. The lowest BCUT2D eigenvalue weighted by Gasteiger charge is -2.05. The van der Waals surface area contributed by atoms with E-state index in [2.05, 4.69) is 15.5 Å². The van der Waals surface area contributed by atoms with Crippen molar-refractivity contribution in [3.05, 3.63) is 60.0 Å². The Labute approximate surface area is 160 Å². The number of benzene rings is 2. The summed E-state index contributed by atoms with van der Waals surface area (Å²) in [6.07, 6.45) is 0. The van der Waals surface area contributed by atoms with Crippen LogP contribution in [0.15, 0.2) is 53.1 Å². The molecule has 7 nitrogen and oxygen atoms in total. The molecule has 138 valence electrons. The summed E-state index contributed by atoms with van der Waals surface area (Å²) in [5.41, 5.74) is 1.86. The molecule has 0 fully saturated rings. The molecule has 0 radical (unpaired) electrons. The number of nitrogens with zero attached hydrogens (tertiary/aromatic N) is 2. The van der Waals surface area contributed by atoms with Gasteiger partial charge in [-0.25, -0.2) is 0 Å². The first-order valence-corrected chi connectivity index (χ1v) is 9.54. The summed E-state index contributed by atoms with van der Waals surface area (Å²) in [4.78, 5) is 16.4. The highest BCUT2D eigenvalue weighted by Gasteiger charge is 2.14. The molecule has 0 saturated carbocycles. The summed E-state index contributed by atoms with van der Waals surface area (Å²) >= 11 is 1.43. The fourth-order valence-electron chi connectivity index (χ4n) is 2.55. The van der Waals surface area contributed by atoms with E-state index in [1.54, 1.807) is 0 Å². The van der Waals surface area contributed by atoms with Gasteiger partial charge in [0.05, 0.1) is 11.5 Å². The third kappa shape index (κ3) is 4.40. The Morgan fingerprint density at radius 1 is 1.11 bits per heavy atom. The van der Waals surface area contributed by atoms with Crippen molar-refractivity contribution in [1.29, 1.82) is 0 Å². The number of rotatable bonds is 7. The Morgan fingerprint density at radius 3 is 2.85 bits per heavy atom. The first-order valence-electron chi connectivity index (χ1n) is 8.39. The largest absolute Gasteiger partial charge is 0.454 e. The molecular formula is C19H17N3O4S. The zero-order valence-corrected chi connectivity index (χ0v) is 15.2. The minimum absolute atomic E-state index is 0.0551. The fourth-order valence-corrected chi connectivity index (χ4v) is 3.23. The van der Waals surface area contributed by atoms with Crippen LogP contribution >= 0.6 is 11.8 Å². The number of nitrogens with one attached hydrogen (secondary N) is 1. The van der Waals surface area contributed by atoms with Crippen LogP contribution in [0.3, 0.4) is 0 Å². The van der Waals surface area contributed by atoms with Gasteiger partial charge in [0.25, 0.3) is 0 Å². The van der Waals surface area contributed by atoms with Crippen molar-refractivity contribution < 1.29 is 18.8 Å². The Bertz CT molecular complexity index is 930. The zero-order chi connectivity index (χ0) is 18.5. The van der Waals surface area contributed by atoms with E-state index in [0.717, 1.165) is 16.9 Å². The van der Waals surface area contributed by atoms with E-state index in [1.165, 1.54) is 11.8 Å². The number of thioether (sulfide) groups is 1. The maximum absolute atomic E-state index is 12.0. The van der Waals surface area contributed by atoms with Crippen molar-refractivity contribution in [3.63, 3.8) is 0 Å². The summed E-state index contributed by atoms with van der Waals surface area (Å²) in [6.45, 7) is 0.679. The molecule has 1 N–H and O–H groups in total. The van der Waals surface area contributed by atoms with Gasteiger partial charge in [0.2, 0.25) is 24.4 Å². The predicted molar refractivity (Wildman–Crippen MR) is 100 cm³/mol. The van der Waals surface area contributed by atoms with Crippen LogP contribution in [-0.2, 0) is 17.1 Å². The van der Waals surface area contributed by atoms with Crippen molar-refractivity contribution in [2.75, 3.05) is 12.5 Å². The Morgan fingerprint density at radius 2 is 1.96 bits per heavy atom. The lowest BCUT2D eigenvalue weighted by molar-refractivity contribution is -0.118. The summed E-state index contributed by atoms with van der Waals surface area (Å²) in [5, 5.41) is 6.85. The predicted octanol–water partition coefficient (Wildman–Crippen LogP) is 3.01. The molecular weight excluding hydrogens is 366 g/mol. The molecule has 0 unspecified atom stereocenters. The number of amides is 1. The topological polar surface area (TPSA) is 86.5 Å². The molecule has 0 saturated heterocycles. The molecule has 2 heterocycles. The van der Waals surface area contributed by atoms with Crippen LogP contribution in [0.4, 0.5) is 0 Å². The van der Waals surface area contributed by atoms with Gasteiger partial charge in [-0.1, -0.05) is 41.6 Å². The van der Waals surface area contributed by atoms with E-state index in [0.29, 0.717) is 35.5 Å². The van der Waals surface area contributed by atoms with Crippen LogP contribution < -0.4 is 14.8 Å². The minimum Gasteiger partial charge on any atom is -0.454 e. The standard InChI is InChI=1S/C19H17N3O4S/c23-17(20-9-13-6-7-15-16(8-13)25-12-24-15)10-27-11-18-21-19(22-26-18)14-4-2-1-3-5-14/h1-8H,9-12H2,(H,20,23). The SMILES string of the molecule is O=C(CSCc1nc(-c2ccccc2)no1)NCc1ccc2c(c1)OCO2. The second-order valence-electron chi connectivity index (χ2n) is 5.83. The van der Waals surface area contributed by atoms with Gasteiger partial charge in [-0.2, -0.15) is 4.98 Å². The molecule has 8 heteroatoms. The van der Waals surface area contributed by atoms with Gasteiger partial charge in [0.1, 0.15) is 0 Å². The van der Waals surface area contributed by atoms with Crippen molar-refractivity contribution in [1.82, 2.24) is 15.5 Å². The quantitative estimate of drug-likeness (QED) is 0.671. The van der Waals surface area contributed by atoms with E-state index in [-0.39, 0.29) is 12.7 Å². The molecule has 27 heavy (non-hydrogen) atoms. The van der Waals surface area contributed by atoms with Gasteiger partial charge >= 0.3 is 0 Å². The average molecular weight is 383 g/mol. The number of carbonyl (C=O) groups excluding carboxylic acids is 1. The molecule has 0 bridgehead atoms. The van der Waals surface area contributed by atoms with Gasteiger partial charge in [0.15, 0.2) is 11.5 Å². The number of carbonyl (C=O) groups is 1. The van der Waals surface area contributed by atoms with E-state index < -0.39 is 0 Å². The van der Waals surface area contributed by atoms with Crippen molar-refractivity contribution in [2.45, 2.75) is 12.3 Å². The summed E-state index contributed by atoms with van der Waals surface area (Å²) in [6, 6.07) is 15.2. The van der Waals surface area contributed by atoms with Gasteiger partial charge in [-0.3, -0.25) is 4.79 Å².